The quantitative estimate of drug-likeness (QED) is 0.847. The molecule has 0 saturated carbocycles. The molecule has 0 fully saturated rings. The van der Waals surface area contributed by atoms with E-state index in [4.69, 9.17) is 21.1 Å². The lowest BCUT2D eigenvalue weighted by Gasteiger charge is -2.11. The molecule has 0 amide bonds. The van der Waals surface area contributed by atoms with Crippen LogP contribution in [0.15, 0.2) is 42.5 Å². The third-order valence-corrected chi connectivity index (χ3v) is 3.01. The van der Waals surface area contributed by atoms with Crippen molar-refractivity contribution in [1.29, 1.82) is 0 Å². The molecule has 3 nitrogen and oxygen atoms in total. The van der Waals surface area contributed by atoms with E-state index in [1.807, 2.05) is 18.2 Å². The summed E-state index contributed by atoms with van der Waals surface area (Å²) in [6, 6.07) is 12.5. The number of methoxy groups -OCH3 is 1. The van der Waals surface area contributed by atoms with Crippen LogP contribution in [0.4, 0.5) is 0 Å². The summed E-state index contributed by atoms with van der Waals surface area (Å²) in [4.78, 5) is 0. The van der Waals surface area contributed by atoms with Gasteiger partial charge in [-0.15, -0.1) is 11.6 Å². The van der Waals surface area contributed by atoms with Crippen LogP contribution in [0.25, 0.3) is 0 Å². The highest BCUT2D eigenvalue weighted by atomic mass is 35.5. The van der Waals surface area contributed by atoms with E-state index in [0.717, 1.165) is 16.9 Å². The second-order valence-corrected chi connectivity index (χ2v) is 4.33. The van der Waals surface area contributed by atoms with Gasteiger partial charge >= 0.3 is 0 Å². The highest BCUT2D eigenvalue weighted by Crippen LogP contribution is 2.27. The van der Waals surface area contributed by atoms with Crippen LogP contribution in [0.1, 0.15) is 11.1 Å². The van der Waals surface area contributed by atoms with Crippen molar-refractivity contribution in [3.8, 4) is 17.2 Å². The highest BCUT2D eigenvalue weighted by Gasteiger charge is 2.05. The molecule has 0 aromatic heterocycles. The molecular weight excluding hydrogens is 264 g/mol. The predicted molar refractivity (Wildman–Crippen MR) is 75.0 cm³/mol. The fourth-order valence-corrected chi connectivity index (χ4v) is 1.93. The molecule has 0 aliphatic carbocycles. The van der Waals surface area contributed by atoms with Crippen LogP contribution >= 0.6 is 11.6 Å². The van der Waals surface area contributed by atoms with E-state index in [9.17, 15) is 5.11 Å². The lowest BCUT2D eigenvalue weighted by atomic mass is 10.2. The summed E-state index contributed by atoms with van der Waals surface area (Å²) in [5.74, 6) is 2.01. The maximum atomic E-state index is 9.40. The van der Waals surface area contributed by atoms with Gasteiger partial charge in [0, 0.05) is 11.6 Å². The maximum absolute atomic E-state index is 9.40. The third kappa shape index (κ3) is 3.55. The molecule has 0 atom stereocenters. The minimum absolute atomic E-state index is 0.226. The van der Waals surface area contributed by atoms with Gasteiger partial charge in [-0.25, -0.2) is 0 Å². The Hall–Kier alpha value is -1.87. The number of rotatable bonds is 5. The topological polar surface area (TPSA) is 38.7 Å². The van der Waals surface area contributed by atoms with Crippen LogP contribution in [-0.4, -0.2) is 12.2 Å². The van der Waals surface area contributed by atoms with Gasteiger partial charge in [0.05, 0.1) is 13.0 Å². The molecule has 0 bridgehead atoms. The number of phenols is 1. The second kappa shape index (κ2) is 6.34. The molecule has 0 spiro atoms. The smallest absolute Gasteiger partial charge is 0.127 e. The van der Waals surface area contributed by atoms with Gasteiger partial charge in [-0.3, -0.25) is 0 Å². The van der Waals surface area contributed by atoms with Gasteiger partial charge < -0.3 is 14.6 Å². The van der Waals surface area contributed by atoms with Crippen molar-refractivity contribution in [2.45, 2.75) is 12.5 Å². The molecule has 4 heteroatoms. The Balaban J connectivity index is 2.14. The van der Waals surface area contributed by atoms with Gasteiger partial charge in [0.25, 0.3) is 0 Å². The van der Waals surface area contributed by atoms with Crippen molar-refractivity contribution in [1.82, 2.24) is 0 Å². The number of halogens is 1. The Labute approximate surface area is 117 Å². The fraction of sp³-hybridized carbons (Fsp3) is 0.200. The van der Waals surface area contributed by atoms with Crippen LogP contribution in [0, 0.1) is 0 Å². The summed E-state index contributed by atoms with van der Waals surface area (Å²) < 4.78 is 10.9. The first kappa shape index (κ1) is 13.6. The number of aromatic hydroxyl groups is 1. The number of ether oxygens (including phenoxy) is 2. The summed E-state index contributed by atoms with van der Waals surface area (Å²) in [6.45, 7) is 0.367. The highest BCUT2D eigenvalue weighted by molar-refractivity contribution is 6.17. The van der Waals surface area contributed by atoms with Gasteiger partial charge in [0.15, 0.2) is 0 Å². The molecule has 0 radical (unpaired) electrons. The van der Waals surface area contributed by atoms with Crippen LogP contribution in [0.3, 0.4) is 0 Å². The number of benzene rings is 2. The average molecular weight is 279 g/mol. The lowest BCUT2D eigenvalue weighted by molar-refractivity contribution is 0.300. The zero-order valence-electron chi connectivity index (χ0n) is 10.6. The fourth-order valence-electron chi connectivity index (χ4n) is 1.71. The van der Waals surface area contributed by atoms with Crippen LogP contribution in [0.2, 0.25) is 0 Å². The van der Waals surface area contributed by atoms with Crippen molar-refractivity contribution in [2.24, 2.45) is 0 Å². The molecule has 0 saturated heterocycles. The van der Waals surface area contributed by atoms with Crippen molar-refractivity contribution in [2.75, 3.05) is 7.11 Å². The molecule has 0 heterocycles. The summed E-state index contributed by atoms with van der Waals surface area (Å²) in [7, 11) is 1.61. The monoisotopic (exact) mass is 278 g/mol. The van der Waals surface area contributed by atoms with Crippen molar-refractivity contribution in [3.05, 3.63) is 53.6 Å². The van der Waals surface area contributed by atoms with E-state index < -0.39 is 0 Å². The van der Waals surface area contributed by atoms with Gasteiger partial charge in [-0.2, -0.15) is 0 Å². The van der Waals surface area contributed by atoms with Crippen molar-refractivity contribution < 1.29 is 14.6 Å². The first-order chi connectivity index (χ1) is 9.22. The molecule has 2 aromatic rings. The molecular formula is C15H15ClO3. The normalized spacial score (nSPS) is 10.2. The Kier molecular flexibility index (Phi) is 4.53. The standard InChI is InChI=1S/C15H15ClO3/c1-18-14-6-5-12(9-16)15(8-14)19-10-11-3-2-4-13(17)7-11/h2-8,17H,9-10H2,1H3. The Bertz CT molecular complexity index is 555. The van der Waals surface area contributed by atoms with Gasteiger partial charge in [0.1, 0.15) is 23.9 Å². The number of hydrogen-bond donors (Lipinski definition) is 1. The van der Waals surface area contributed by atoms with Crippen LogP contribution in [-0.2, 0) is 12.5 Å². The second-order valence-electron chi connectivity index (χ2n) is 4.07. The average Bonchev–Trinajstić information content (AvgIpc) is 2.45. The summed E-state index contributed by atoms with van der Waals surface area (Å²) >= 11 is 5.87. The molecule has 0 aliphatic rings. The Morgan fingerprint density at radius 3 is 2.68 bits per heavy atom. The van der Waals surface area contributed by atoms with Crippen LogP contribution in [0.5, 0.6) is 17.2 Å². The Morgan fingerprint density at radius 1 is 1.16 bits per heavy atom. The SMILES string of the molecule is COc1ccc(CCl)c(OCc2cccc(O)c2)c1. The van der Waals surface area contributed by atoms with Gasteiger partial charge in [-0.05, 0) is 23.8 Å². The molecule has 0 aliphatic heterocycles. The van der Waals surface area contributed by atoms with Crippen molar-refractivity contribution >= 4 is 11.6 Å². The zero-order chi connectivity index (χ0) is 13.7. The third-order valence-electron chi connectivity index (χ3n) is 2.72. The molecule has 100 valence electrons. The maximum Gasteiger partial charge on any atom is 0.127 e. The summed E-state index contributed by atoms with van der Waals surface area (Å²) in [6.07, 6.45) is 0. The van der Waals surface area contributed by atoms with E-state index in [-0.39, 0.29) is 5.75 Å². The number of alkyl halides is 1. The van der Waals surface area contributed by atoms with E-state index in [1.165, 1.54) is 0 Å². The summed E-state index contributed by atoms with van der Waals surface area (Å²) in [5.41, 5.74) is 1.80. The predicted octanol–water partition coefficient (Wildman–Crippen LogP) is 3.72. The van der Waals surface area contributed by atoms with E-state index in [0.29, 0.717) is 18.2 Å². The first-order valence-electron chi connectivity index (χ1n) is 5.86. The lowest BCUT2D eigenvalue weighted by Crippen LogP contribution is -1.98. The van der Waals surface area contributed by atoms with E-state index in [1.54, 1.807) is 31.4 Å². The number of phenolic OH excluding ortho intramolecular Hbond substituents is 1. The van der Waals surface area contributed by atoms with Gasteiger partial charge in [0.2, 0.25) is 0 Å². The summed E-state index contributed by atoms with van der Waals surface area (Å²) in [5, 5.41) is 9.40. The molecule has 19 heavy (non-hydrogen) atoms. The minimum Gasteiger partial charge on any atom is -0.508 e. The first-order valence-corrected chi connectivity index (χ1v) is 6.40. The molecule has 1 N–H and O–H groups in total. The molecule has 2 rings (SSSR count). The Morgan fingerprint density at radius 2 is 2.00 bits per heavy atom. The van der Waals surface area contributed by atoms with Gasteiger partial charge in [-0.1, -0.05) is 18.2 Å². The molecule has 0 unspecified atom stereocenters. The zero-order valence-corrected chi connectivity index (χ0v) is 11.4. The van der Waals surface area contributed by atoms with E-state index >= 15 is 0 Å². The van der Waals surface area contributed by atoms with E-state index in [2.05, 4.69) is 0 Å². The number of hydrogen-bond acceptors (Lipinski definition) is 3. The molecule has 2 aromatic carbocycles. The largest absolute Gasteiger partial charge is 0.508 e. The van der Waals surface area contributed by atoms with Crippen LogP contribution < -0.4 is 9.47 Å². The minimum atomic E-state index is 0.226. The van der Waals surface area contributed by atoms with Crippen molar-refractivity contribution in [3.63, 3.8) is 0 Å².